The average Bonchev–Trinajstić information content (AvgIpc) is 2.79. The number of carbonyl (C=O) groups is 1. The van der Waals surface area contributed by atoms with Crippen LogP contribution >= 0.6 is 0 Å². The molecule has 2 N–H and O–H groups in total. The molecule has 3 rings (SSSR count). The Hall–Kier alpha value is -1.39. The average molecular weight is 246 g/mol. The molecule has 0 radical (unpaired) electrons. The second-order valence-electron chi connectivity index (χ2n) is 4.97. The number of hydrogen-bond acceptors (Lipinski definition) is 4. The first-order valence-electron chi connectivity index (χ1n) is 6.56. The molecule has 1 saturated heterocycles. The van der Waals surface area contributed by atoms with Crippen molar-refractivity contribution in [2.24, 2.45) is 0 Å². The van der Waals surface area contributed by atoms with Crippen molar-refractivity contribution >= 4 is 5.97 Å². The first-order chi connectivity index (χ1) is 8.83. The van der Waals surface area contributed by atoms with Crippen LogP contribution in [-0.4, -0.2) is 25.1 Å². The molecule has 2 aliphatic heterocycles. The van der Waals surface area contributed by atoms with E-state index in [2.05, 4.69) is 16.7 Å². The van der Waals surface area contributed by atoms with Gasteiger partial charge in [-0.1, -0.05) is 12.1 Å². The first-order valence-corrected chi connectivity index (χ1v) is 6.56. The summed E-state index contributed by atoms with van der Waals surface area (Å²) in [5.41, 5.74) is 2.97. The molecular formula is C14H18N2O2. The predicted octanol–water partition coefficient (Wildman–Crippen LogP) is 1.20. The zero-order valence-corrected chi connectivity index (χ0v) is 10.4. The highest BCUT2D eigenvalue weighted by atomic mass is 16.5. The first kappa shape index (κ1) is 11.7. The van der Waals surface area contributed by atoms with E-state index in [-0.39, 0.29) is 5.97 Å². The molecule has 1 fully saturated rings. The van der Waals surface area contributed by atoms with Crippen molar-refractivity contribution in [1.29, 1.82) is 0 Å². The van der Waals surface area contributed by atoms with Crippen LogP contribution in [0.5, 0.6) is 0 Å². The fourth-order valence-corrected chi connectivity index (χ4v) is 2.58. The maximum atomic E-state index is 11.3. The molecule has 0 spiro atoms. The SMILES string of the molecule is O=C1OCc2cc(CNC3CCNCC3)ccc21. The zero-order chi connectivity index (χ0) is 12.4. The van der Waals surface area contributed by atoms with E-state index in [0.717, 1.165) is 30.8 Å². The van der Waals surface area contributed by atoms with Crippen molar-refractivity contribution in [3.63, 3.8) is 0 Å². The molecule has 2 heterocycles. The molecule has 18 heavy (non-hydrogen) atoms. The minimum Gasteiger partial charge on any atom is -0.457 e. The van der Waals surface area contributed by atoms with Gasteiger partial charge in [-0.05, 0) is 37.6 Å². The highest BCUT2D eigenvalue weighted by molar-refractivity contribution is 5.93. The van der Waals surface area contributed by atoms with Gasteiger partial charge < -0.3 is 15.4 Å². The van der Waals surface area contributed by atoms with E-state index in [1.54, 1.807) is 0 Å². The van der Waals surface area contributed by atoms with Crippen molar-refractivity contribution in [3.05, 3.63) is 34.9 Å². The third-order valence-electron chi connectivity index (χ3n) is 3.68. The molecule has 0 aromatic heterocycles. The van der Waals surface area contributed by atoms with Gasteiger partial charge in [0.2, 0.25) is 0 Å². The second kappa shape index (κ2) is 5.08. The highest BCUT2D eigenvalue weighted by Gasteiger charge is 2.21. The van der Waals surface area contributed by atoms with Crippen LogP contribution in [0.4, 0.5) is 0 Å². The Morgan fingerprint density at radius 2 is 2.17 bits per heavy atom. The summed E-state index contributed by atoms with van der Waals surface area (Å²) in [7, 11) is 0. The molecule has 0 aliphatic carbocycles. The molecule has 4 heteroatoms. The van der Waals surface area contributed by atoms with Crippen molar-refractivity contribution in [1.82, 2.24) is 10.6 Å². The van der Waals surface area contributed by atoms with Gasteiger partial charge in [-0.3, -0.25) is 0 Å². The van der Waals surface area contributed by atoms with E-state index < -0.39 is 0 Å². The Balaban J connectivity index is 1.61. The van der Waals surface area contributed by atoms with Gasteiger partial charge in [-0.25, -0.2) is 4.79 Å². The van der Waals surface area contributed by atoms with E-state index in [4.69, 9.17) is 4.74 Å². The lowest BCUT2D eigenvalue weighted by Crippen LogP contribution is -2.39. The van der Waals surface area contributed by atoms with Gasteiger partial charge in [0.1, 0.15) is 6.61 Å². The number of rotatable bonds is 3. The van der Waals surface area contributed by atoms with Crippen LogP contribution in [0.3, 0.4) is 0 Å². The molecule has 0 unspecified atom stereocenters. The molecule has 0 saturated carbocycles. The van der Waals surface area contributed by atoms with Gasteiger partial charge in [0, 0.05) is 18.2 Å². The largest absolute Gasteiger partial charge is 0.457 e. The van der Waals surface area contributed by atoms with Crippen LogP contribution in [0, 0.1) is 0 Å². The van der Waals surface area contributed by atoms with Gasteiger partial charge in [0.05, 0.1) is 5.56 Å². The standard InChI is InChI=1S/C14H18N2O2/c17-14-13-2-1-10(7-11(13)9-18-14)8-16-12-3-5-15-6-4-12/h1-2,7,12,15-16H,3-6,8-9H2. The lowest BCUT2D eigenvalue weighted by atomic mass is 10.0. The third-order valence-corrected chi connectivity index (χ3v) is 3.68. The quantitative estimate of drug-likeness (QED) is 0.787. The number of carbonyl (C=O) groups excluding carboxylic acids is 1. The van der Waals surface area contributed by atoms with Crippen LogP contribution in [0.15, 0.2) is 18.2 Å². The van der Waals surface area contributed by atoms with E-state index >= 15 is 0 Å². The Kier molecular flexibility index (Phi) is 3.30. The number of fused-ring (bicyclic) bond motifs is 1. The molecule has 1 aromatic rings. The molecule has 96 valence electrons. The fraction of sp³-hybridized carbons (Fsp3) is 0.500. The number of hydrogen-bond donors (Lipinski definition) is 2. The maximum absolute atomic E-state index is 11.3. The van der Waals surface area contributed by atoms with Crippen molar-refractivity contribution in [2.45, 2.75) is 32.0 Å². The Morgan fingerprint density at radius 3 is 3.00 bits per heavy atom. The number of benzene rings is 1. The van der Waals surface area contributed by atoms with E-state index in [1.807, 2.05) is 12.1 Å². The summed E-state index contributed by atoms with van der Waals surface area (Å²) in [6.45, 7) is 3.50. The fourth-order valence-electron chi connectivity index (χ4n) is 2.58. The number of nitrogens with one attached hydrogen (secondary N) is 2. The number of cyclic esters (lactones) is 1. The van der Waals surface area contributed by atoms with E-state index in [1.165, 1.54) is 18.4 Å². The molecule has 2 aliphatic rings. The summed E-state index contributed by atoms with van der Waals surface area (Å²) < 4.78 is 5.01. The van der Waals surface area contributed by atoms with Gasteiger partial charge in [-0.2, -0.15) is 0 Å². The Bertz CT molecular complexity index is 453. The van der Waals surface area contributed by atoms with Crippen molar-refractivity contribution < 1.29 is 9.53 Å². The summed E-state index contributed by atoms with van der Waals surface area (Å²) >= 11 is 0. The van der Waals surface area contributed by atoms with Gasteiger partial charge >= 0.3 is 5.97 Å². The monoisotopic (exact) mass is 246 g/mol. The smallest absolute Gasteiger partial charge is 0.338 e. The van der Waals surface area contributed by atoms with Gasteiger partial charge in [0.15, 0.2) is 0 Å². The van der Waals surface area contributed by atoms with Crippen molar-refractivity contribution in [3.8, 4) is 0 Å². The third kappa shape index (κ3) is 2.40. The second-order valence-corrected chi connectivity index (χ2v) is 4.97. The topological polar surface area (TPSA) is 50.4 Å². The minimum atomic E-state index is -0.192. The number of esters is 1. The lowest BCUT2D eigenvalue weighted by molar-refractivity contribution is 0.0535. The molecule has 0 atom stereocenters. The summed E-state index contributed by atoms with van der Waals surface area (Å²) in [5, 5.41) is 6.93. The number of piperidine rings is 1. The Labute approximate surface area is 107 Å². The number of ether oxygens (including phenoxy) is 1. The predicted molar refractivity (Wildman–Crippen MR) is 68.3 cm³/mol. The van der Waals surface area contributed by atoms with Gasteiger partial charge in [-0.15, -0.1) is 0 Å². The lowest BCUT2D eigenvalue weighted by Gasteiger charge is -2.23. The van der Waals surface area contributed by atoms with Crippen LogP contribution in [-0.2, 0) is 17.9 Å². The molecule has 1 aromatic carbocycles. The summed E-state index contributed by atoms with van der Waals surface area (Å²) in [5.74, 6) is -0.192. The molecular weight excluding hydrogens is 228 g/mol. The van der Waals surface area contributed by atoms with Crippen LogP contribution in [0.25, 0.3) is 0 Å². The maximum Gasteiger partial charge on any atom is 0.338 e. The van der Waals surface area contributed by atoms with Crippen LogP contribution in [0.2, 0.25) is 0 Å². The molecule has 0 amide bonds. The van der Waals surface area contributed by atoms with E-state index in [9.17, 15) is 4.79 Å². The highest BCUT2D eigenvalue weighted by Crippen LogP contribution is 2.21. The van der Waals surface area contributed by atoms with Crippen LogP contribution < -0.4 is 10.6 Å². The van der Waals surface area contributed by atoms with Crippen LogP contribution in [0.1, 0.15) is 34.3 Å². The summed E-state index contributed by atoms with van der Waals surface area (Å²) in [6.07, 6.45) is 2.37. The summed E-state index contributed by atoms with van der Waals surface area (Å²) in [6, 6.07) is 6.58. The Morgan fingerprint density at radius 1 is 1.33 bits per heavy atom. The molecule has 4 nitrogen and oxygen atoms in total. The summed E-state index contributed by atoms with van der Waals surface area (Å²) in [4.78, 5) is 11.3. The normalized spacial score (nSPS) is 19.7. The minimum absolute atomic E-state index is 0.192. The zero-order valence-electron chi connectivity index (χ0n) is 10.4. The van der Waals surface area contributed by atoms with E-state index in [0.29, 0.717) is 12.6 Å². The molecule has 0 bridgehead atoms. The van der Waals surface area contributed by atoms with Gasteiger partial charge in [0.25, 0.3) is 0 Å². The van der Waals surface area contributed by atoms with Crippen molar-refractivity contribution in [2.75, 3.05) is 13.1 Å².